The number of ether oxygens (including phenoxy) is 2. The number of hydrogen-bond acceptors (Lipinski definition) is 8. The molecule has 2 atom stereocenters. The molecule has 0 spiro atoms. The van der Waals surface area contributed by atoms with Crippen molar-refractivity contribution in [2.75, 3.05) is 26.1 Å². The van der Waals surface area contributed by atoms with Gasteiger partial charge in [0.2, 0.25) is 11.9 Å². The van der Waals surface area contributed by atoms with E-state index < -0.39 is 17.6 Å². The van der Waals surface area contributed by atoms with E-state index in [2.05, 4.69) is 15.3 Å². The lowest BCUT2D eigenvalue weighted by molar-refractivity contribution is 0.0604. The number of amides is 1. The van der Waals surface area contributed by atoms with Crippen molar-refractivity contribution < 1.29 is 27.4 Å². The number of pyridine rings is 1. The molecule has 1 saturated heterocycles. The third kappa shape index (κ3) is 5.33. The van der Waals surface area contributed by atoms with Gasteiger partial charge in [0.1, 0.15) is 22.8 Å². The molecular weight excluding hydrogens is 575 g/mol. The van der Waals surface area contributed by atoms with Gasteiger partial charge in [0, 0.05) is 42.7 Å². The largest absolute Gasteiger partial charge is 0.497 e. The van der Waals surface area contributed by atoms with E-state index in [4.69, 9.17) is 19.6 Å². The van der Waals surface area contributed by atoms with E-state index in [-0.39, 0.29) is 46.9 Å². The highest BCUT2D eigenvalue weighted by molar-refractivity contribution is 5.95. The van der Waals surface area contributed by atoms with Crippen molar-refractivity contribution >= 4 is 28.4 Å². The van der Waals surface area contributed by atoms with Crippen LogP contribution in [-0.4, -0.2) is 62.2 Å². The molecule has 2 aromatic carbocycles. The van der Waals surface area contributed by atoms with E-state index >= 15 is 0 Å². The minimum absolute atomic E-state index is 0.0598. The summed E-state index contributed by atoms with van der Waals surface area (Å²) in [7, 11) is 3.11. The average molecular weight is 606 g/mol. The molecule has 0 aliphatic carbocycles. The molecule has 5 aromatic rings. The summed E-state index contributed by atoms with van der Waals surface area (Å²) >= 11 is 0. The van der Waals surface area contributed by atoms with Crippen molar-refractivity contribution in [3.63, 3.8) is 0 Å². The number of rotatable bonds is 7. The number of aryl methyl sites for hydroxylation is 1. The smallest absolute Gasteiger partial charge is 0.255 e. The Morgan fingerprint density at radius 2 is 1.84 bits per heavy atom. The van der Waals surface area contributed by atoms with Crippen molar-refractivity contribution in [2.45, 2.75) is 45.2 Å². The molecule has 0 saturated carbocycles. The first-order valence-corrected chi connectivity index (χ1v) is 14.1. The topological polar surface area (TPSA) is 107 Å². The molecule has 1 fully saturated rings. The first kappa shape index (κ1) is 29.1. The highest BCUT2D eigenvalue weighted by Crippen LogP contribution is 2.33. The number of carbonyl (C=O) groups excluding carboxylic acids is 1. The molecule has 44 heavy (non-hydrogen) atoms. The fourth-order valence-electron chi connectivity index (χ4n) is 5.62. The maximum atomic E-state index is 15.0. The number of hydrogen-bond donors (Lipinski definition) is 1. The summed E-state index contributed by atoms with van der Waals surface area (Å²) in [6.45, 7) is 4.09. The summed E-state index contributed by atoms with van der Waals surface area (Å²) in [4.78, 5) is 28.2. The van der Waals surface area contributed by atoms with E-state index in [0.717, 1.165) is 11.6 Å². The minimum Gasteiger partial charge on any atom is -0.497 e. The fraction of sp³-hybridized carbons (Fsp3) is 0.323. The highest BCUT2D eigenvalue weighted by Gasteiger charge is 2.33. The fourth-order valence-corrected chi connectivity index (χ4v) is 5.62. The lowest BCUT2D eigenvalue weighted by atomic mass is 9.92. The molecule has 3 aromatic heterocycles. The van der Waals surface area contributed by atoms with Crippen molar-refractivity contribution in [3.8, 4) is 11.5 Å². The quantitative estimate of drug-likeness (QED) is 0.245. The zero-order chi connectivity index (χ0) is 31.1. The second-order valence-electron chi connectivity index (χ2n) is 10.8. The van der Waals surface area contributed by atoms with Gasteiger partial charge < -0.3 is 19.7 Å². The van der Waals surface area contributed by atoms with Gasteiger partial charge in [-0.05, 0) is 57.0 Å². The molecular formula is C31H30F3N7O3. The van der Waals surface area contributed by atoms with Crippen LogP contribution in [0.15, 0.2) is 42.5 Å². The molecule has 10 nitrogen and oxygen atoms in total. The van der Waals surface area contributed by atoms with Crippen molar-refractivity contribution in [1.29, 1.82) is 0 Å². The standard InChI is InChI=1S/C31H30F3N7O3/c1-16-5-6-19(15-40(16)30(42)22-9-10-26(34)36-17(22)2)28-38-29-23-11-20(32)12-24(33)27(23)37-31(41(29)39-28)35-14-18-7-8-21(43-3)13-25(18)44-4/h7-13,16,19H,5-6,14-15H2,1-4H3,(H,35,37)/t16-,19+/m0/s1. The zero-order valence-corrected chi connectivity index (χ0v) is 24.6. The number of nitrogens with one attached hydrogen (secondary N) is 1. The second kappa shape index (κ2) is 11.6. The van der Waals surface area contributed by atoms with E-state index in [9.17, 15) is 18.0 Å². The van der Waals surface area contributed by atoms with Gasteiger partial charge in [0.25, 0.3) is 5.91 Å². The highest BCUT2D eigenvalue weighted by atomic mass is 19.1. The normalized spacial score (nSPS) is 16.8. The van der Waals surface area contributed by atoms with Crippen LogP contribution in [0.2, 0.25) is 0 Å². The van der Waals surface area contributed by atoms with Crippen molar-refractivity contribution in [3.05, 3.63) is 82.7 Å². The lowest BCUT2D eigenvalue weighted by Gasteiger charge is -2.37. The molecule has 4 heterocycles. The summed E-state index contributed by atoms with van der Waals surface area (Å²) in [5.41, 5.74) is 1.58. The summed E-state index contributed by atoms with van der Waals surface area (Å²) in [6, 6.07) is 9.85. The number of anilines is 1. The number of nitrogens with zero attached hydrogens (tertiary/aromatic N) is 6. The Bertz CT molecular complexity index is 1900. The Kier molecular flexibility index (Phi) is 7.70. The van der Waals surface area contributed by atoms with Gasteiger partial charge in [0.05, 0.1) is 30.9 Å². The monoisotopic (exact) mass is 605 g/mol. The molecule has 228 valence electrons. The minimum atomic E-state index is -0.830. The first-order chi connectivity index (χ1) is 21.2. The molecule has 13 heteroatoms. The summed E-state index contributed by atoms with van der Waals surface area (Å²) in [6.07, 6.45) is 1.35. The van der Waals surface area contributed by atoms with Gasteiger partial charge >= 0.3 is 0 Å². The van der Waals surface area contributed by atoms with Crippen LogP contribution >= 0.6 is 0 Å². The van der Waals surface area contributed by atoms with Gasteiger partial charge in [-0.3, -0.25) is 4.79 Å². The predicted molar refractivity (Wildman–Crippen MR) is 156 cm³/mol. The molecule has 0 bridgehead atoms. The van der Waals surface area contributed by atoms with Gasteiger partial charge in [-0.25, -0.2) is 23.7 Å². The SMILES string of the molecule is COc1ccc(CNc2nc3c(F)cc(F)cc3c3nc([C@@H]4CC[C@H](C)N(C(=O)c5ccc(F)nc5C)C4)nn23)c(OC)c1. The molecule has 1 N–H and O–H groups in total. The Labute approximate surface area is 250 Å². The number of piperidine rings is 1. The van der Waals surface area contributed by atoms with Crippen LogP contribution in [0.5, 0.6) is 11.5 Å². The third-order valence-electron chi connectivity index (χ3n) is 8.03. The lowest BCUT2D eigenvalue weighted by Crippen LogP contribution is -2.45. The molecule has 0 radical (unpaired) electrons. The summed E-state index contributed by atoms with van der Waals surface area (Å²) in [5, 5.41) is 8.10. The van der Waals surface area contributed by atoms with Crippen molar-refractivity contribution in [1.82, 2.24) is 29.5 Å². The third-order valence-corrected chi connectivity index (χ3v) is 8.03. The van der Waals surface area contributed by atoms with E-state index in [1.807, 2.05) is 13.0 Å². The van der Waals surface area contributed by atoms with Gasteiger partial charge in [-0.1, -0.05) is 0 Å². The van der Waals surface area contributed by atoms with Crippen LogP contribution in [-0.2, 0) is 6.54 Å². The zero-order valence-electron chi connectivity index (χ0n) is 24.6. The second-order valence-corrected chi connectivity index (χ2v) is 10.8. The number of aromatic nitrogens is 5. The Morgan fingerprint density at radius 1 is 1.02 bits per heavy atom. The van der Waals surface area contributed by atoms with E-state index in [0.29, 0.717) is 48.0 Å². The number of halogens is 3. The van der Waals surface area contributed by atoms with Crippen LogP contribution in [0.4, 0.5) is 19.1 Å². The number of fused-ring (bicyclic) bond motifs is 3. The van der Waals surface area contributed by atoms with E-state index in [1.165, 1.54) is 22.7 Å². The van der Waals surface area contributed by atoms with Crippen molar-refractivity contribution in [2.24, 2.45) is 0 Å². The van der Waals surface area contributed by atoms with E-state index in [1.54, 1.807) is 38.2 Å². The maximum absolute atomic E-state index is 15.0. The van der Waals surface area contributed by atoms with Crippen LogP contribution < -0.4 is 14.8 Å². The Morgan fingerprint density at radius 3 is 2.59 bits per heavy atom. The molecule has 6 rings (SSSR count). The van der Waals surface area contributed by atoms with Gasteiger partial charge in [-0.15, -0.1) is 5.10 Å². The number of likely N-dealkylation sites (tertiary alicyclic amines) is 1. The molecule has 1 aliphatic rings. The number of methoxy groups -OCH3 is 2. The average Bonchev–Trinajstić information content (AvgIpc) is 3.46. The van der Waals surface area contributed by atoms with Gasteiger partial charge in [0.15, 0.2) is 17.3 Å². The maximum Gasteiger partial charge on any atom is 0.255 e. The van der Waals surface area contributed by atoms with Crippen LogP contribution in [0.1, 0.15) is 53.1 Å². The van der Waals surface area contributed by atoms with Crippen LogP contribution in [0.3, 0.4) is 0 Å². The predicted octanol–water partition coefficient (Wildman–Crippen LogP) is 5.44. The Hall–Kier alpha value is -4.94. The van der Waals surface area contributed by atoms with Gasteiger partial charge in [-0.2, -0.15) is 8.91 Å². The van der Waals surface area contributed by atoms with Crippen LogP contribution in [0, 0.1) is 24.5 Å². The number of benzene rings is 2. The number of carbonyl (C=O) groups is 1. The molecule has 1 amide bonds. The summed E-state index contributed by atoms with van der Waals surface area (Å²) < 4.78 is 55.2. The van der Waals surface area contributed by atoms with Crippen LogP contribution in [0.25, 0.3) is 16.6 Å². The first-order valence-electron chi connectivity index (χ1n) is 14.1. The molecule has 0 unspecified atom stereocenters. The summed E-state index contributed by atoms with van der Waals surface area (Å²) in [5.74, 6) is -0.971. The Balaban J connectivity index is 1.37. The molecule has 1 aliphatic heterocycles.